The number of aryl methyl sites for hydroxylation is 1. The molecule has 0 radical (unpaired) electrons. The summed E-state index contributed by atoms with van der Waals surface area (Å²) in [6.45, 7) is 7.30. The Morgan fingerprint density at radius 2 is 2.05 bits per heavy atom. The number of nitrogens with zero attached hydrogens (tertiary/aromatic N) is 4. The van der Waals surface area contributed by atoms with Crippen LogP contribution in [0.1, 0.15) is 27.2 Å². The van der Waals surface area contributed by atoms with Gasteiger partial charge in [-0.25, -0.2) is 4.68 Å². The van der Waals surface area contributed by atoms with Crippen molar-refractivity contribution in [2.24, 2.45) is 5.41 Å². The van der Waals surface area contributed by atoms with Gasteiger partial charge in [0.1, 0.15) is 0 Å². The summed E-state index contributed by atoms with van der Waals surface area (Å²) in [5.74, 6) is 0.657. The van der Waals surface area contributed by atoms with Crippen molar-refractivity contribution in [3.63, 3.8) is 0 Å². The molecule has 0 amide bonds. The molecule has 0 fully saturated rings. The predicted molar refractivity (Wildman–Crippen MR) is 76.7 cm³/mol. The zero-order valence-electron chi connectivity index (χ0n) is 11.4. The number of hydrogen-bond acceptors (Lipinski definition) is 4. The van der Waals surface area contributed by atoms with Crippen LogP contribution in [0, 0.1) is 5.41 Å². The molecular formula is C13H18ClN5. The molecular weight excluding hydrogens is 262 g/mol. The van der Waals surface area contributed by atoms with E-state index in [1.165, 1.54) is 0 Å². The zero-order chi connectivity index (χ0) is 14.0. The Labute approximate surface area is 117 Å². The normalized spacial score (nSPS) is 11.8. The second-order valence-electron chi connectivity index (χ2n) is 5.77. The number of nitrogens with two attached hydrogens (primary N) is 1. The lowest BCUT2D eigenvalue weighted by Crippen LogP contribution is -2.12. The van der Waals surface area contributed by atoms with Gasteiger partial charge in [-0.15, -0.1) is 5.10 Å². The van der Waals surface area contributed by atoms with Crippen molar-refractivity contribution in [3.8, 4) is 11.4 Å². The van der Waals surface area contributed by atoms with Crippen molar-refractivity contribution in [1.29, 1.82) is 0 Å². The monoisotopic (exact) mass is 279 g/mol. The van der Waals surface area contributed by atoms with Crippen LogP contribution in [0.4, 0.5) is 5.69 Å². The first-order valence-electron chi connectivity index (χ1n) is 6.18. The molecule has 0 aliphatic heterocycles. The molecule has 0 spiro atoms. The van der Waals surface area contributed by atoms with Gasteiger partial charge < -0.3 is 5.73 Å². The highest BCUT2D eigenvalue weighted by atomic mass is 35.5. The first-order valence-corrected chi connectivity index (χ1v) is 6.56. The molecule has 2 N–H and O–H groups in total. The van der Waals surface area contributed by atoms with Gasteiger partial charge in [0, 0.05) is 22.8 Å². The van der Waals surface area contributed by atoms with Crippen molar-refractivity contribution < 1.29 is 0 Å². The van der Waals surface area contributed by atoms with Gasteiger partial charge in [0.05, 0.1) is 0 Å². The molecule has 2 aromatic rings. The largest absolute Gasteiger partial charge is 0.398 e. The smallest absolute Gasteiger partial charge is 0.184 e. The second-order valence-corrected chi connectivity index (χ2v) is 6.20. The van der Waals surface area contributed by atoms with E-state index in [9.17, 15) is 0 Å². The second kappa shape index (κ2) is 5.17. The highest BCUT2D eigenvalue weighted by Gasteiger charge is 2.15. The highest BCUT2D eigenvalue weighted by molar-refractivity contribution is 6.31. The maximum Gasteiger partial charge on any atom is 0.184 e. The Balaban J connectivity index is 2.31. The van der Waals surface area contributed by atoms with Crippen LogP contribution in [0.15, 0.2) is 18.2 Å². The van der Waals surface area contributed by atoms with Crippen LogP contribution in [0.25, 0.3) is 11.4 Å². The minimum absolute atomic E-state index is 0.225. The fourth-order valence-corrected chi connectivity index (χ4v) is 1.88. The van der Waals surface area contributed by atoms with E-state index in [-0.39, 0.29) is 5.41 Å². The van der Waals surface area contributed by atoms with Crippen LogP contribution in [0.2, 0.25) is 5.02 Å². The Kier molecular flexibility index (Phi) is 3.75. The topological polar surface area (TPSA) is 69.6 Å². The summed E-state index contributed by atoms with van der Waals surface area (Å²) < 4.78 is 1.77. The summed E-state index contributed by atoms with van der Waals surface area (Å²) in [6.07, 6.45) is 0.978. The van der Waals surface area contributed by atoms with E-state index in [0.29, 0.717) is 16.5 Å². The van der Waals surface area contributed by atoms with Gasteiger partial charge in [0.2, 0.25) is 0 Å². The van der Waals surface area contributed by atoms with Crippen molar-refractivity contribution in [2.45, 2.75) is 33.7 Å². The molecule has 2 rings (SSSR count). The summed E-state index contributed by atoms with van der Waals surface area (Å²) in [6, 6.07) is 5.31. The molecule has 0 atom stereocenters. The van der Waals surface area contributed by atoms with Crippen LogP contribution >= 0.6 is 11.6 Å². The average Bonchev–Trinajstić information content (AvgIpc) is 2.77. The first-order chi connectivity index (χ1) is 8.87. The first kappa shape index (κ1) is 13.8. The van der Waals surface area contributed by atoms with E-state index in [0.717, 1.165) is 18.5 Å². The third-order valence-electron chi connectivity index (χ3n) is 2.86. The summed E-state index contributed by atoms with van der Waals surface area (Å²) >= 11 is 6.00. The quantitative estimate of drug-likeness (QED) is 0.877. The van der Waals surface area contributed by atoms with Crippen molar-refractivity contribution in [2.75, 3.05) is 5.73 Å². The Morgan fingerprint density at radius 1 is 1.32 bits per heavy atom. The summed E-state index contributed by atoms with van der Waals surface area (Å²) in [7, 11) is 0. The lowest BCUT2D eigenvalue weighted by atomic mass is 9.92. The number of benzene rings is 1. The minimum Gasteiger partial charge on any atom is -0.398 e. The number of nitrogen functional groups attached to an aromatic ring is 1. The molecule has 102 valence electrons. The predicted octanol–water partition coefficient (Wildman–Crippen LogP) is 3.01. The maximum absolute atomic E-state index is 6.00. The number of aromatic nitrogens is 4. The number of tetrazole rings is 1. The molecule has 0 aliphatic rings. The molecule has 0 saturated carbocycles. The average molecular weight is 280 g/mol. The van der Waals surface area contributed by atoms with Gasteiger partial charge in [0.25, 0.3) is 0 Å². The van der Waals surface area contributed by atoms with Gasteiger partial charge >= 0.3 is 0 Å². The molecule has 19 heavy (non-hydrogen) atoms. The van der Waals surface area contributed by atoms with Gasteiger partial charge in [0.15, 0.2) is 5.82 Å². The SMILES string of the molecule is CC(C)(C)CCn1nnnc1-c1cc(Cl)ccc1N. The number of halogens is 1. The maximum atomic E-state index is 6.00. The van der Waals surface area contributed by atoms with Gasteiger partial charge in [-0.05, 0) is 40.5 Å². The lowest BCUT2D eigenvalue weighted by Gasteiger charge is -2.18. The van der Waals surface area contributed by atoms with Crippen LogP contribution < -0.4 is 5.73 Å². The van der Waals surface area contributed by atoms with Crippen molar-refractivity contribution in [1.82, 2.24) is 20.2 Å². The van der Waals surface area contributed by atoms with Crippen LogP contribution in [0.5, 0.6) is 0 Å². The van der Waals surface area contributed by atoms with E-state index < -0.39 is 0 Å². The number of rotatable bonds is 3. The van der Waals surface area contributed by atoms with E-state index in [1.54, 1.807) is 22.9 Å². The Hall–Kier alpha value is -1.62. The molecule has 0 bridgehead atoms. The zero-order valence-corrected chi connectivity index (χ0v) is 12.1. The molecule has 0 unspecified atom stereocenters. The molecule has 0 saturated heterocycles. The van der Waals surface area contributed by atoms with Gasteiger partial charge in [-0.1, -0.05) is 32.4 Å². The Bertz CT molecular complexity index is 571. The highest BCUT2D eigenvalue weighted by Crippen LogP contribution is 2.27. The summed E-state index contributed by atoms with van der Waals surface area (Å²) in [4.78, 5) is 0. The van der Waals surface area contributed by atoms with Crippen LogP contribution in [0.3, 0.4) is 0 Å². The summed E-state index contributed by atoms with van der Waals surface area (Å²) in [5.41, 5.74) is 7.58. The van der Waals surface area contributed by atoms with Crippen LogP contribution in [-0.4, -0.2) is 20.2 Å². The van der Waals surface area contributed by atoms with Gasteiger partial charge in [-0.3, -0.25) is 0 Å². The molecule has 5 nitrogen and oxygen atoms in total. The molecule has 0 aliphatic carbocycles. The van der Waals surface area contributed by atoms with E-state index in [4.69, 9.17) is 17.3 Å². The van der Waals surface area contributed by atoms with E-state index in [1.807, 2.05) is 0 Å². The fourth-order valence-electron chi connectivity index (χ4n) is 1.71. The minimum atomic E-state index is 0.225. The van der Waals surface area contributed by atoms with Crippen molar-refractivity contribution >= 4 is 17.3 Å². The summed E-state index contributed by atoms with van der Waals surface area (Å²) in [5, 5.41) is 12.4. The third-order valence-corrected chi connectivity index (χ3v) is 3.10. The van der Waals surface area contributed by atoms with E-state index >= 15 is 0 Å². The third kappa shape index (κ3) is 3.44. The van der Waals surface area contributed by atoms with Crippen LogP contribution in [-0.2, 0) is 6.54 Å². The molecule has 6 heteroatoms. The van der Waals surface area contributed by atoms with Crippen molar-refractivity contribution in [3.05, 3.63) is 23.2 Å². The van der Waals surface area contributed by atoms with E-state index in [2.05, 4.69) is 36.3 Å². The lowest BCUT2D eigenvalue weighted by molar-refractivity contribution is 0.340. The Morgan fingerprint density at radius 3 is 2.74 bits per heavy atom. The fraction of sp³-hybridized carbons (Fsp3) is 0.462. The molecule has 1 aromatic carbocycles. The van der Waals surface area contributed by atoms with Gasteiger partial charge in [-0.2, -0.15) is 0 Å². The molecule has 1 aromatic heterocycles. The number of anilines is 1. The standard InChI is InChI=1S/C13H18ClN5/c1-13(2,3)6-7-19-12(16-17-18-19)10-8-9(14)4-5-11(10)15/h4-5,8H,6-7,15H2,1-3H3. The molecule has 1 heterocycles. The number of hydrogen-bond donors (Lipinski definition) is 1.